The highest BCUT2D eigenvalue weighted by atomic mass is 16.4. The van der Waals surface area contributed by atoms with E-state index in [0.29, 0.717) is 5.56 Å². The zero-order valence-electron chi connectivity index (χ0n) is 13.2. The van der Waals surface area contributed by atoms with E-state index in [-0.39, 0.29) is 0 Å². The molecule has 2 rings (SSSR count). The molecule has 2 aromatic carbocycles. The molecule has 0 spiro atoms. The maximum atomic E-state index is 11.3. The third-order valence-electron chi connectivity index (χ3n) is 3.99. The molecule has 2 nitrogen and oxygen atoms in total. The number of carboxylic acid groups (broad SMARTS) is 1. The van der Waals surface area contributed by atoms with Crippen LogP contribution in [0.4, 0.5) is 0 Å². The van der Waals surface area contributed by atoms with Crippen LogP contribution in [-0.2, 0) is 6.42 Å². The lowest BCUT2D eigenvalue weighted by Gasteiger charge is -2.07. The van der Waals surface area contributed by atoms with Crippen LogP contribution in [0, 0.1) is 0 Å². The Balaban J connectivity index is 2.02. The van der Waals surface area contributed by atoms with E-state index in [0.717, 1.165) is 17.5 Å². The monoisotopic (exact) mass is 296 g/mol. The maximum Gasteiger partial charge on any atom is 0.336 e. The van der Waals surface area contributed by atoms with Gasteiger partial charge in [-0.1, -0.05) is 75.1 Å². The molecule has 0 aliphatic carbocycles. The maximum absolute atomic E-state index is 11.3. The Morgan fingerprint density at radius 2 is 1.59 bits per heavy atom. The van der Waals surface area contributed by atoms with Gasteiger partial charge < -0.3 is 5.11 Å². The van der Waals surface area contributed by atoms with Crippen molar-refractivity contribution in [2.75, 3.05) is 0 Å². The average Bonchev–Trinajstić information content (AvgIpc) is 2.55. The van der Waals surface area contributed by atoms with Gasteiger partial charge in [0, 0.05) is 0 Å². The summed E-state index contributed by atoms with van der Waals surface area (Å²) in [5.41, 5.74) is 3.43. The van der Waals surface area contributed by atoms with E-state index in [9.17, 15) is 9.90 Å². The van der Waals surface area contributed by atoms with E-state index in [2.05, 4.69) is 19.1 Å². The number of benzene rings is 2. The molecule has 0 aromatic heterocycles. The summed E-state index contributed by atoms with van der Waals surface area (Å²) < 4.78 is 0. The molecule has 0 atom stereocenters. The van der Waals surface area contributed by atoms with Gasteiger partial charge in [-0.25, -0.2) is 4.79 Å². The van der Waals surface area contributed by atoms with E-state index in [1.807, 2.05) is 24.3 Å². The summed E-state index contributed by atoms with van der Waals surface area (Å²) in [6.07, 6.45) is 7.54. The highest BCUT2D eigenvalue weighted by Crippen LogP contribution is 2.24. The zero-order chi connectivity index (χ0) is 15.8. The van der Waals surface area contributed by atoms with Gasteiger partial charge in [0.25, 0.3) is 0 Å². The number of hydrogen-bond donors (Lipinski definition) is 1. The fourth-order valence-electron chi connectivity index (χ4n) is 2.70. The standard InChI is InChI=1S/C20H24O2/c1-2-3-4-5-6-9-16-12-14-17(15-13-16)18-10-7-8-11-19(18)20(21)22/h7-8,10-15H,2-6,9H2,1H3,(H,21,22). The largest absolute Gasteiger partial charge is 0.478 e. The van der Waals surface area contributed by atoms with Crippen molar-refractivity contribution in [3.05, 3.63) is 59.7 Å². The first-order valence-electron chi connectivity index (χ1n) is 8.14. The lowest BCUT2D eigenvalue weighted by atomic mass is 9.97. The summed E-state index contributed by atoms with van der Waals surface area (Å²) in [6, 6.07) is 15.5. The first-order valence-corrected chi connectivity index (χ1v) is 8.14. The Kier molecular flexibility index (Phi) is 6.20. The molecule has 22 heavy (non-hydrogen) atoms. The van der Waals surface area contributed by atoms with Crippen molar-refractivity contribution in [1.29, 1.82) is 0 Å². The second-order valence-electron chi connectivity index (χ2n) is 5.71. The van der Waals surface area contributed by atoms with Crippen LogP contribution in [0.25, 0.3) is 11.1 Å². The Bertz CT molecular complexity index is 599. The Labute approximate surface area is 132 Å². The van der Waals surface area contributed by atoms with Crippen LogP contribution in [0.5, 0.6) is 0 Å². The molecule has 2 heteroatoms. The van der Waals surface area contributed by atoms with Crippen LogP contribution in [0.1, 0.15) is 54.9 Å². The normalized spacial score (nSPS) is 10.6. The molecular formula is C20H24O2. The van der Waals surface area contributed by atoms with Gasteiger partial charge >= 0.3 is 5.97 Å². The smallest absolute Gasteiger partial charge is 0.336 e. The molecular weight excluding hydrogens is 272 g/mol. The highest BCUT2D eigenvalue weighted by Gasteiger charge is 2.10. The lowest BCUT2D eigenvalue weighted by molar-refractivity contribution is 0.0697. The molecule has 1 N–H and O–H groups in total. The van der Waals surface area contributed by atoms with E-state index in [1.165, 1.54) is 37.7 Å². The number of aryl methyl sites for hydroxylation is 1. The van der Waals surface area contributed by atoms with Gasteiger partial charge in [0.05, 0.1) is 5.56 Å². The van der Waals surface area contributed by atoms with Crippen LogP contribution < -0.4 is 0 Å². The number of rotatable bonds is 8. The first kappa shape index (κ1) is 16.3. The van der Waals surface area contributed by atoms with Crippen LogP contribution in [0.15, 0.2) is 48.5 Å². The summed E-state index contributed by atoms with van der Waals surface area (Å²) in [4.78, 5) is 11.3. The molecule has 0 bridgehead atoms. The fraction of sp³-hybridized carbons (Fsp3) is 0.350. The minimum absolute atomic E-state index is 0.356. The average molecular weight is 296 g/mol. The highest BCUT2D eigenvalue weighted by molar-refractivity contribution is 5.95. The van der Waals surface area contributed by atoms with Gasteiger partial charge in [0.1, 0.15) is 0 Å². The van der Waals surface area contributed by atoms with E-state index >= 15 is 0 Å². The van der Waals surface area contributed by atoms with Crippen LogP contribution in [0.3, 0.4) is 0 Å². The Morgan fingerprint density at radius 3 is 2.27 bits per heavy atom. The molecule has 0 saturated heterocycles. The van der Waals surface area contributed by atoms with Crippen LogP contribution in [0.2, 0.25) is 0 Å². The molecule has 0 amide bonds. The lowest BCUT2D eigenvalue weighted by Crippen LogP contribution is -1.99. The van der Waals surface area contributed by atoms with E-state index < -0.39 is 5.97 Å². The van der Waals surface area contributed by atoms with Gasteiger partial charge in [-0.05, 0) is 35.6 Å². The Morgan fingerprint density at radius 1 is 0.909 bits per heavy atom. The third-order valence-corrected chi connectivity index (χ3v) is 3.99. The first-order chi connectivity index (χ1) is 10.7. The summed E-state index contributed by atoms with van der Waals surface area (Å²) in [5.74, 6) is -0.879. The number of carboxylic acids is 1. The number of hydrogen-bond acceptors (Lipinski definition) is 1. The fourth-order valence-corrected chi connectivity index (χ4v) is 2.70. The van der Waals surface area contributed by atoms with Crippen molar-refractivity contribution in [1.82, 2.24) is 0 Å². The summed E-state index contributed by atoms with van der Waals surface area (Å²) in [5, 5.41) is 9.27. The van der Waals surface area contributed by atoms with Gasteiger partial charge in [-0.3, -0.25) is 0 Å². The van der Waals surface area contributed by atoms with Gasteiger partial charge in [0.2, 0.25) is 0 Å². The number of carbonyl (C=O) groups is 1. The molecule has 0 radical (unpaired) electrons. The molecule has 0 aliphatic heterocycles. The van der Waals surface area contributed by atoms with Crippen molar-refractivity contribution in [3.8, 4) is 11.1 Å². The van der Waals surface area contributed by atoms with Crippen LogP contribution >= 0.6 is 0 Å². The predicted molar refractivity (Wildman–Crippen MR) is 91.3 cm³/mol. The summed E-state index contributed by atoms with van der Waals surface area (Å²) >= 11 is 0. The van der Waals surface area contributed by atoms with Gasteiger partial charge in [-0.2, -0.15) is 0 Å². The van der Waals surface area contributed by atoms with Crippen molar-refractivity contribution in [2.45, 2.75) is 45.4 Å². The minimum Gasteiger partial charge on any atom is -0.478 e. The van der Waals surface area contributed by atoms with Crippen LogP contribution in [-0.4, -0.2) is 11.1 Å². The Hall–Kier alpha value is -2.09. The van der Waals surface area contributed by atoms with Crippen molar-refractivity contribution >= 4 is 5.97 Å². The van der Waals surface area contributed by atoms with Crippen molar-refractivity contribution < 1.29 is 9.90 Å². The molecule has 0 heterocycles. The quantitative estimate of drug-likeness (QED) is 0.647. The summed E-state index contributed by atoms with van der Waals surface area (Å²) in [7, 11) is 0. The van der Waals surface area contributed by atoms with E-state index in [1.54, 1.807) is 12.1 Å². The second-order valence-corrected chi connectivity index (χ2v) is 5.71. The second kappa shape index (κ2) is 8.38. The van der Waals surface area contributed by atoms with Gasteiger partial charge in [-0.15, -0.1) is 0 Å². The van der Waals surface area contributed by atoms with Crippen molar-refractivity contribution in [3.63, 3.8) is 0 Å². The van der Waals surface area contributed by atoms with E-state index in [4.69, 9.17) is 0 Å². The molecule has 0 fully saturated rings. The minimum atomic E-state index is -0.879. The third kappa shape index (κ3) is 4.45. The molecule has 0 unspecified atom stereocenters. The number of unbranched alkanes of at least 4 members (excludes halogenated alkanes) is 4. The molecule has 2 aromatic rings. The molecule has 0 saturated carbocycles. The molecule has 116 valence electrons. The van der Waals surface area contributed by atoms with Gasteiger partial charge in [0.15, 0.2) is 0 Å². The molecule has 0 aliphatic rings. The SMILES string of the molecule is CCCCCCCc1ccc(-c2ccccc2C(=O)O)cc1. The topological polar surface area (TPSA) is 37.3 Å². The predicted octanol–water partition coefficient (Wildman–Crippen LogP) is 5.56. The summed E-state index contributed by atoms with van der Waals surface area (Å²) in [6.45, 7) is 2.23. The zero-order valence-corrected chi connectivity index (χ0v) is 13.2. The number of aromatic carboxylic acids is 1. The van der Waals surface area contributed by atoms with Crippen molar-refractivity contribution in [2.24, 2.45) is 0 Å².